The number of aryl methyl sites for hydroxylation is 1. The number of carbonyl (C=O) groups excluding carboxylic acids is 1. The summed E-state index contributed by atoms with van der Waals surface area (Å²) in [5.41, 5.74) is 0.823. The Kier molecular flexibility index (Phi) is 4.69. The quantitative estimate of drug-likeness (QED) is 0.722. The Morgan fingerprint density at radius 2 is 2.17 bits per heavy atom. The minimum atomic E-state index is -0.276. The molecule has 0 unspecified atom stereocenters. The number of amides is 1. The van der Waals surface area contributed by atoms with Crippen molar-refractivity contribution in [1.82, 2.24) is 20.4 Å². The number of nitrogens with one attached hydrogen (secondary N) is 2. The van der Waals surface area contributed by atoms with E-state index in [-0.39, 0.29) is 23.7 Å². The molecular weight excluding hydrogens is 308 g/mol. The molecule has 3 aromatic rings. The molecular formula is C17H18N4O3. The van der Waals surface area contributed by atoms with E-state index in [0.717, 1.165) is 17.3 Å². The lowest BCUT2D eigenvalue weighted by Gasteiger charge is -2.00. The van der Waals surface area contributed by atoms with E-state index >= 15 is 0 Å². The monoisotopic (exact) mass is 326 g/mol. The molecule has 0 spiro atoms. The summed E-state index contributed by atoms with van der Waals surface area (Å²) in [4.78, 5) is 30.8. The fourth-order valence-electron chi connectivity index (χ4n) is 2.35. The lowest BCUT2D eigenvalue weighted by atomic mass is 10.1. The molecule has 0 saturated carbocycles. The second-order valence-corrected chi connectivity index (χ2v) is 5.46. The third-order valence-corrected chi connectivity index (χ3v) is 3.60. The lowest BCUT2D eigenvalue weighted by molar-refractivity contribution is -0.121. The summed E-state index contributed by atoms with van der Waals surface area (Å²) in [5, 5.41) is 7.53. The van der Waals surface area contributed by atoms with Gasteiger partial charge in [-0.3, -0.25) is 9.59 Å². The molecule has 3 rings (SSSR count). The zero-order chi connectivity index (χ0) is 16.9. The van der Waals surface area contributed by atoms with Gasteiger partial charge in [0.05, 0.1) is 5.56 Å². The number of H-pyrrole nitrogens is 1. The average molecular weight is 326 g/mol. The van der Waals surface area contributed by atoms with Gasteiger partial charge < -0.3 is 14.8 Å². The van der Waals surface area contributed by atoms with Gasteiger partial charge in [-0.15, -0.1) is 0 Å². The summed E-state index contributed by atoms with van der Waals surface area (Å²) in [6, 6.07) is 9.21. The molecule has 0 fully saturated rings. The van der Waals surface area contributed by atoms with E-state index < -0.39 is 0 Å². The molecule has 0 atom stereocenters. The fraction of sp³-hybridized carbons (Fsp3) is 0.294. The topological polar surface area (TPSA) is 101 Å². The Morgan fingerprint density at radius 1 is 1.33 bits per heavy atom. The van der Waals surface area contributed by atoms with Gasteiger partial charge in [0.25, 0.3) is 5.56 Å². The molecule has 24 heavy (non-hydrogen) atoms. The molecule has 7 heteroatoms. The van der Waals surface area contributed by atoms with Gasteiger partial charge in [-0.25, -0.2) is 0 Å². The number of fused-ring (bicyclic) bond motifs is 1. The van der Waals surface area contributed by atoms with Gasteiger partial charge >= 0.3 is 0 Å². The highest BCUT2D eigenvalue weighted by Gasteiger charge is 2.14. The van der Waals surface area contributed by atoms with Gasteiger partial charge in [0, 0.05) is 24.9 Å². The van der Waals surface area contributed by atoms with Crippen LogP contribution in [-0.4, -0.2) is 27.6 Å². The summed E-state index contributed by atoms with van der Waals surface area (Å²) in [6.07, 6.45) is 1.50. The Hall–Kier alpha value is -2.96. The molecule has 2 N–H and O–H groups in total. The van der Waals surface area contributed by atoms with Gasteiger partial charge in [-0.2, -0.15) is 4.98 Å². The Labute approximate surface area is 138 Å². The van der Waals surface area contributed by atoms with Crippen LogP contribution in [0.5, 0.6) is 0 Å². The maximum atomic E-state index is 12.2. The normalized spacial score (nSPS) is 10.9. The Bertz CT molecular complexity index is 913. The van der Waals surface area contributed by atoms with E-state index in [1.54, 1.807) is 6.07 Å². The number of pyridine rings is 1. The zero-order valence-electron chi connectivity index (χ0n) is 13.3. The second-order valence-electron chi connectivity index (χ2n) is 5.46. The van der Waals surface area contributed by atoms with E-state index in [2.05, 4.69) is 20.4 Å². The van der Waals surface area contributed by atoms with Gasteiger partial charge in [0.15, 0.2) is 0 Å². The fourth-order valence-corrected chi connectivity index (χ4v) is 2.35. The molecule has 2 heterocycles. The third kappa shape index (κ3) is 3.51. The highest BCUT2D eigenvalue weighted by molar-refractivity contribution is 5.82. The summed E-state index contributed by atoms with van der Waals surface area (Å²) < 4.78 is 5.15. The van der Waals surface area contributed by atoms with Gasteiger partial charge in [-0.05, 0) is 23.9 Å². The van der Waals surface area contributed by atoms with E-state index in [9.17, 15) is 9.59 Å². The largest absolute Gasteiger partial charge is 0.356 e. The predicted octanol–water partition coefficient (Wildman–Crippen LogP) is 2.04. The molecule has 0 aliphatic rings. The van der Waals surface area contributed by atoms with Crippen LogP contribution in [-0.2, 0) is 11.2 Å². The Balaban J connectivity index is 1.77. The van der Waals surface area contributed by atoms with Crippen LogP contribution in [0.4, 0.5) is 0 Å². The summed E-state index contributed by atoms with van der Waals surface area (Å²) in [6.45, 7) is 2.64. The first-order valence-corrected chi connectivity index (χ1v) is 7.89. The third-order valence-electron chi connectivity index (χ3n) is 3.60. The van der Waals surface area contributed by atoms with Crippen LogP contribution >= 0.6 is 0 Å². The van der Waals surface area contributed by atoms with Gasteiger partial charge in [0.1, 0.15) is 0 Å². The van der Waals surface area contributed by atoms with Crippen molar-refractivity contribution in [2.24, 2.45) is 0 Å². The molecule has 0 saturated heterocycles. The van der Waals surface area contributed by atoms with Crippen LogP contribution in [0.15, 0.2) is 39.6 Å². The van der Waals surface area contributed by atoms with E-state index in [4.69, 9.17) is 4.52 Å². The number of hydrogen-bond acceptors (Lipinski definition) is 5. The smallest absolute Gasteiger partial charge is 0.259 e. The van der Waals surface area contributed by atoms with E-state index in [0.29, 0.717) is 24.4 Å². The van der Waals surface area contributed by atoms with Crippen molar-refractivity contribution in [2.45, 2.75) is 26.2 Å². The number of nitrogens with zero attached hydrogens (tertiary/aromatic N) is 2. The first-order valence-electron chi connectivity index (χ1n) is 7.89. The van der Waals surface area contributed by atoms with Crippen molar-refractivity contribution in [3.05, 3.63) is 46.6 Å². The summed E-state index contributed by atoms with van der Waals surface area (Å²) >= 11 is 0. The molecule has 2 aromatic heterocycles. The summed E-state index contributed by atoms with van der Waals surface area (Å²) in [5.74, 6) is 0.510. The number of carbonyl (C=O) groups is 1. The molecule has 1 aromatic carbocycles. The number of aromatic amines is 1. The number of hydrogen-bond donors (Lipinski definition) is 2. The summed E-state index contributed by atoms with van der Waals surface area (Å²) in [7, 11) is 0. The minimum Gasteiger partial charge on any atom is -0.356 e. The number of benzene rings is 1. The van der Waals surface area contributed by atoms with Crippen LogP contribution in [0.2, 0.25) is 0 Å². The van der Waals surface area contributed by atoms with E-state index in [1.807, 2.05) is 31.2 Å². The minimum absolute atomic E-state index is 0.0554. The molecule has 1 amide bonds. The molecule has 0 radical (unpaired) electrons. The van der Waals surface area contributed by atoms with Crippen molar-refractivity contribution in [2.75, 3.05) is 6.54 Å². The number of rotatable bonds is 6. The van der Waals surface area contributed by atoms with Gasteiger partial charge in [-0.1, -0.05) is 30.3 Å². The highest BCUT2D eigenvalue weighted by Crippen LogP contribution is 2.17. The van der Waals surface area contributed by atoms with E-state index in [1.165, 1.54) is 0 Å². The zero-order valence-corrected chi connectivity index (χ0v) is 13.3. The van der Waals surface area contributed by atoms with Gasteiger partial charge in [0.2, 0.25) is 17.6 Å². The van der Waals surface area contributed by atoms with Crippen LogP contribution in [0.3, 0.4) is 0 Å². The maximum Gasteiger partial charge on any atom is 0.259 e. The maximum absolute atomic E-state index is 12.2. The average Bonchev–Trinajstić information content (AvgIpc) is 3.06. The van der Waals surface area contributed by atoms with Crippen molar-refractivity contribution in [3.8, 4) is 11.4 Å². The lowest BCUT2D eigenvalue weighted by Crippen LogP contribution is -2.24. The van der Waals surface area contributed by atoms with Crippen molar-refractivity contribution in [1.29, 1.82) is 0 Å². The first-order chi connectivity index (χ1) is 11.7. The highest BCUT2D eigenvalue weighted by atomic mass is 16.5. The SMILES string of the molecule is CCCNC(=O)CCc1nc(-c2cc3ccccc3[nH]c2=O)no1. The molecule has 0 aliphatic carbocycles. The van der Waals surface area contributed by atoms with Crippen molar-refractivity contribution < 1.29 is 9.32 Å². The number of aromatic nitrogens is 3. The van der Waals surface area contributed by atoms with Crippen LogP contribution < -0.4 is 10.9 Å². The van der Waals surface area contributed by atoms with Crippen molar-refractivity contribution in [3.63, 3.8) is 0 Å². The second kappa shape index (κ2) is 7.08. The Morgan fingerprint density at radius 3 is 3.00 bits per heavy atom. The first kappa shape index (κ1) is 15.9. The van der Waals surface area contributed by atoms with Crippen LogP contribution in [0, 0.1) is 0 Å². The molecule has 124 valence electrons. The predicted molar refractivity (Wildman–Crippen MR) is 89.5 cm³/mol. The standard InChI is InChI=1S/C17H18N4O3/c1-2-9-18-14(22)7-8-15-20-16(21-24-15)12-10-11-5-3-4-6-13(11)19-17(12)23/h3-6,10H,2,7-9H2,1H3,(H,18,22)(H,19,23). The molecule has 0 bridgehead atoms. The molecule has 0 aliphatic heterocycles. The van der Waals surface area contributed by atoms with Crippen molar-refractivity contribution >= 4 is 16.8 Å². The van der Waals surface area contributed by atoms with Crippen LogP contribution in [0.1, 0.15) is 25.7 Å². The number of para-hydroxylation sites is 1. The molecule has 7 nitrogen and oxygen atoms in total. The van der Waals surface area contributed by atoms with Crippen LogP contribution in [0.25, 0.3) is 22.3 Å².